The molecule has 1 aromatic carbocycles. The second kappa shape index (κ2) is 14.8. The highest BCUT2D eigenvalue weighted by Crippen LogP contribution is 2.26. The number of allylic oxidation sites excluding steroid dienone is 1. The van der Waals surface area contributed by atoms with Gasteiger partial charge in [-0.2, -0.15) is 0 Å². The predicted octanol–water partition coefficient (Wildman–Crippen LogP) is 6.69. The summed E-state index contributed by atoms with van der Waals surface area (Å²) in [6.07, 6.45) is 20.3. The average molecular weight is 388 g/mol. The Balaban J connectivity index is 1.51. The number of hydrogen-bond donors (Lipinski definition) is 1. The molecular weight excluding hydrogens is 346 g/mol. The van der Waals surface area contributed by atoms with Crippen LogP contribution in [0.4, 0.5) is 0 Å². The first kappa shape index (κ1) is 23.1. The molecule has 3 atom stereocenters. The van der Waals surface area contributed by atoms with Crippen LogP contribution in [0.15, 0.2) is 42.5 Å². The van der Waals surface area contributed by atoms with Crippen LogP contribution in [0.5, 0.6) is 0 Å². The summed E-state index contributed by atoms with van der Waals surface area (Å²) < 4.78 is 11.8. The van der Waals surface area contributed by atoms with Crippen LogP contribution in [0, 0.1) is 0 Å². The zero-order valence-corrected chi connectivity index (χ0v) is 17.9. The third-order valence-electron chi connectivity index (χ3n) is 5.51. The van der Waals surface area contributed by atoms with E-state index in [2.05, 4.69) is 19.1 Å². The molecule has 28 heavy (non-hydrogen) atoms. The Labute approximate surface area is 172 Å². The van der Waals surface area contributed by atoms with Crippen molar-refractivity contribution in [1.82, 2.24) is 0 Å². The van der Waals surface area contributed by atoms with Gasteiger partial charge in [0.2, 0.25) is 0 Å². The molecule has 3 unspecified atom stereocenters. The van der Waals surface area contributed by atoms with Gasteiger partial charge in [0, 0.05) is 5.56 Å². The molecule has 0 spiro atoms. The van der Waals surface area contributed by atoms with Crippen LogP contribution in [0.1, 0.15) is 95.8 Å². The number of rotatable bonds is 14. The number of unbranched alkanes of at least 4 members (excludes halogenated alkanes) is 11. The third kappa shape index (κ3) is 9.36. The van der Waals surface area contributed by atoms with Crippen LogP contribution in [0.2, 0.25) is 0 Å². The van der Waals surface area contributed by atoms with E-state index in [-0.39, 0.29) is 18.4 Å². The molecule has 1 aliphatic heterocycles. The molecule has 2 rings (SSSR count). The Morgan fingerprint density at radius 2 is 1.50 bits per heavy atom. The predicted molar refractivity (Wildman–Crippen MR) is 118 cm³/mol. The molecule has 2 N–H and O–H groups in total. The number of ether oxygens (including phenoxy) is 2. The van der Waals surface area contributed by atoms with Gasteiger partial charge in [-0.1, -0.05) is 114 Å². The highest BCUT2D eigenvalue weighted by atomic mass is 16.7. The standard InChI is InChI=1S/C25H41NO2/c1-2-3-4-5-6-7-8-9-10-11-12-13-17-20-24-23(26)21-27-25(28-24)22-18-15-14-16-19-22/h14-20,23-25H,2-13,21,26H2,1H3. The molecule has 3 nitrogen and oxygen atoms in total. The minimum Gasteiger partial charge on any atom is -0.347 e. The molecule has 0 aliphatic carbocycles. The van der Waals surface area contributed by atoms with Gasteiger partial charge in [-0.05, 0) is 12.8 Å². The van der Waals surface area contributed by atoms with Crippen LogP contribution >= 0.6 is 0 Å². The fraction of sp³-hybridized carbons (Fsp3) is 0.680. The SMILES string of the molecule is CCCCCCCCCCCCCC=CC1OC(c2ccccc2)OCC1N. The molecule has 0 amide bonds. The van der Waals surface area contributed by atoms with Gasteiger partial charge >= 0.3 is 0 Å². The molecule has 1 heterocycles. The first-order chi connectivity index (χ1) is 13.8. The zero-order valence-electron chi connectivity index (χ0n) is 17.9. The Bertz CT molecular complexity index is 517. The molecule has 3 heteroatoms. The van der Waals surface area contributed by atoms with Crippen LogP contribution in [-0.4, -0.2) is 18.8 Å². The largest absolute Gasteiger partial charge is 0.347 e. The summed E-state index contributed by atoms with van der Waals surface area (Å²) in [6.45, 7) is 2.81. The fourth-order valence-electron chi connectivity index (χ4n) is 3.71. The first-order valence-corrected chi connectivity index (χ1v) is 11.6. The molecule has 0 bridgehead atoms. The summed E-state index contributed by atoms with van der Waals surface area (Å²) in [5, 5.41) is 0. The topological polar surface area (TPSA) is 44.5 Å². The van der Waals surface area contributed by atoms with E-state index >= 15 is 0 Å². The van der Waals surface area contributed by atoms with Gasteiger partial charge in [-0.25, -0.2) is 0 Å². The zero-order chi connectivity index (χ0) is 19.9. The third-order valence-corrected chi connectivity index (χ3v) is 5.51. The quantitative estimate of drug-likeness (QED) is 0.286. The summed E-state index contributed by atoms with van der Waals surface area (Å²) in [6, 6.07) is 10.00. The van der Waals surface area contributed by atoms with Gasteiger partial charge in [0.1, 0.15) is 0 Å². The van der Waals surface area contributed by atoms with Crippen molar-refractivity contribution in [3.8, 4) is 0 Å². The van der Waals surface area contributed by atoms with E-state index in [4.69, 9.17) is 15.2 Å². The maximum Gasteiger partial charge on any atom is 0.184 e. The van der Waals surface area contributed by atoms with E-state index in [9.17, 15) is 0 Å². The number of nitrogens with two attached hydrogens (primary N) is 1. The smallest absolute Gasteiger partial charge is 0.184 e. The van der Waals surface area contributed by atoms with Crippen molar-refractivity contribution in [1.29, 1.82) is 0 Å². The van der Waals surface area contributed by atoms with Crippen molar-refractivity contribution in [2.45, 2.75) is 102 Å². The van der Waals surface area contributed by atoms with E-state index in [0.29, 0.717) is 6.61 Å². The van der Waals surface area contributed by atoms with E-state index in [1.54, 1.807) is 0 Å². The van der Waals surface area contributed by atoms with Gasteiger partial charge in [-0.3, -0.25) is 0 Å². The van der Waals surface area contributed by atoms with Crippen molar-refractivity contribution in [2.24, 2.45) is 5.73 Å². The van der Waals surface area contributed by atoms with Gasteiger partial charge in [-0.15, -0.1) is 0 Å². The van der Waals surface area contributed by atoms with E-state index in [1.165, 1.54) is 70.6 Å². The molecule has 0 radical (unpaired) electrons. The summed E-state index contributed by atoms with van der Waals surface area (Å²) in [5.41, 5.74) is 7.22. The number of benzene rings is 1. The lowest BCUT2D eigenvalue weighted by molar-refractivity contribution is -0.212. The maximum absolute atomic E-state index is 6.17. The highest BCUT2D eigenvalue weighted by molar-refractivity contribution is 5.16. The monoisotopic (exact) mass is 387 g/mol. The van der Waals surface area contributed by atoms with E-state index in [1.807, 2.05) is 30.3 Å². The first-order valence-electron chi connectivity index (χ1n) is 11.6. The van der Waals surface area contributed by atoms with Crippen molar-refractivity contribution in [3.05, 3.63) is 48.0 Å². The lowest BCUT2D eigenvalue weighted by atomic mass is 10.0. The van der Waals surface area contributed by atoms with E-state index < -0.39 is 0 Å². The van der Waals surface area contributed by atoms with Crippen LogP contribution in [0.25, 0.3) is 0 Å². The van der Waals surface area contributed by atoms with Crippen molar-refractivity contribution in [3.63, 3.8) is 0 Å². The minimum absolute atomic E-state index is 0.0633. The normalized spacial score (nSPS) is 22.7. The Hall–Kier alpha value is -1.16. The van der Waals surface area contributed by atoms with Crippen LogP contribution in [-0.2, 0) is 9.47 Å². The average Bonchev–Trinajstić information content (AvgIpc) is 2.73. The summed E-state index contributed by atoms with van der Waals surface area (Å²) >= 11 is 0. The van der Waals surface area contributed by atoms with Gasteiger partial charge in [0.25, 0.3) is 0 Å². The van der Waals surface area contributed by atoms with Crippen molar-refractivity contribution in [2.75, 3.05) is 6.61 Å². The molecule has 1 aliphatic rings. The maximum atomic E-state index is 6.17. The molecule has 1 fully saturated rings. The highest BCUT2D eigenvalue weighted by Gasteiger charge is 2.28. The molecule has 0 aromatic heterocycles. The molecule has 1 saturated heterocycles. The Morgan fingerprint density at radius 1 is 0.893 bits per heavy atom. The fourth-order valence-corrected chi connectivity index (χ4v) is 3.71. The second-order valence-corrected chi connectivity index (χ2v) is 8.09. The van der Waals surface area contributed by atoms with Crippen molar-refractivity contribution >= 4 is 0 Å². The number of hydrogen-bond acceptors (Lipinski definition) is 3. The molecule has 158 valence electrons. The summed E-state index contributed by atoms with van der Waals surface area (Å²) in [7, 11) is 0. The lowest BCUT2D eigenvalue weighted by Crippen LogP contribution is -2.45. The minimum atomic E-state index is -0.308. The second-order valence-electron chi connectivity index (χ2n) is 8.09. The van der Waals surface area contributed by atoms with Gasteiger partial charge < -0.3 is 15.2 Å². The van der Waals surface area contributed by atoms with Crippen molar-refractivity contribution < 1.29 is 9.47 Å². The van der Waals surface area contributed by atoms with E-state index in [0.717, 1.165) is 12.0 Å². The van der Waals surface area contributed by atoms with Gasteiger partial charge in [0.15, 0.2) is 6.29 Å². The Morgan fingerprint density at radius 3 is 2.14 bits per heavy atom. The van der Waals surface area contributed by atoms with Crippen LogP contribution in [0.3, 0.4) is 0 Å². The molecular formula is C25H41NO2. The Kier molecular flexibility index (Phi) is 12.2. The summed E-state index contributed by atoms with van der Waals surface area (Å²) in [4.78, 5) is 0. The van der Waals surface area contributed by atoms with Crippen LogP contribution < -0.4 is 5.73 Å². The summed E-state index contributed by atoms with van der Waals surface area (Å²) in [5.74, 6) is 0. The molecule has 1 aromatic rings. The lowest BCUT2D eigenvalue weighted by Gasteiger charge is -2.33. The van der Waals surface area contributed by atoms with Gasteiger partial charge in [0.05, 0.1) is 18.8 Å². The molecule has 0 saturated carbocycles.